The zero-order valence-electron chi connectivity index (χ0n) is 7.57. The number of hydrogen-bond acceptors (Lipinski definition) is 2. The standard InChI is InChI=1S/C8H14N4O/c9-7(13)8(3-1-2-4-8)5-6-11-12-10/h1-6H2,(H2,9,13). The summed E-state index contributed by atoms with van der Waals surface area (Å²) in [6.45, 7) is 0.374. The van der Waals surface area contributed by atoms with E-state index in [-0.39, 0.29) is 11.3 Å². The summed E-state index contributed by atoms with van der Waals surface area (Å²) < 4.78 is 0. The van der Waals surface area contributed by atoms with Crippen molar-refractivity contribution in [2.75, 3.05) is 6.54 Å². The number of nitrogens with zero attached hydrogens (tertiary/aromatic N) is 3. The third kappa shape index (κ3) is 2.12. The maximum atomic E-state index is 11.2. The highest BCUT2D eigenvalue weighted by molar-refractivity contribution is 5.81. The molecule has 1 aliphatic carbocycles. The minimum Gasteiger partial charge on any atom is -0.369 e. The van der Waals surface area contributed by atoms with Gasteiger partial charge in [0.25, 0.3) is 0 Å². The smallest absolute Gasteiger partial charge is 0.223 e. The summed E-state index contributed by atoms with van der Waals surface area (Å²) in [4.78, 5) is 13.9. The summed E-state index contributed by atoms with van der Waals surface area (Å²) >= 11 is 0. The van der Waals surface area contributed by atoms with Crippen LogP contribution in [0.3, 0.4) is 0 Å². The Labute approximate surface area is 76.9 Å². The third-order valence-corrected chi connectivity index (χ3v) is 2.84. The third-order valence-electron chi connectivity index (χ3n) is 2.84. The SMILES string of the molecule is [N-]=[N+]=NCCC1(C(N)=O)CCCC1. The fraction of sp³-hybridized carbons (Fsp3) is 0.875. The van der Waals surface area contributed by atoms with Gasteiger partial charge in [-0.05, 0) is 24.8 Å². The molecule has 1 aliphatic rings. The van der Waals surface area contributed by atoms with Crippen LogP contribution in [0.15, 0.2) is 5.11 Å². The van der Waals surface area contributed by atoms with E-state index in [1.54, 1.807) is 0 Å². The fourth-order valence-corrected chi connectivity index (χ4v) is 1.98. The number of carbonyl (C=O) groups is 1. The Morgan fingerprint density at radius 1 is 1.54 bits per heavy atom. The molecule has 2 N–H and O–H groups in total. The first kappa shape index (κ1) is 9.86. The zero-order valence-corrected chi connectivity index (χ0v) is 7.57. The normalized spacial score (nSPS) is 19.4. The molecule has 72 valence electrons. The summed E-state index contributed by atoms with van der Waals surface area (Å²) in [5.41, 5.74) is 13.1. The van der Waals surface area contributed by atoms with Crippen LogP contribution in [0.2, 0.25) is 0 Å². The van der Waals surface area contributed by atoms with Crippen molar-refractivity contribution in [3.8, 4) is 0 Å². The van der Waals surface area contributed by atoms with Crippen molar-refractivity contribution in [1.82, 2.24) is 0 Å². The van der Waals surface area contributed by atoms with Crippen molar-refractivity contribution in [2.45, 2.75) is 32.1 Å². The highest BCUT2D eigenvalue weighted by atomic mass is 16.1. The minimum atomic E-state index is -0.381. The lowest BCUT2D eigenvalue weighted by Crippen LogP contribution is -2.35. The van der Waals surface area contributed by atoms with Gasteiger partial charge in [-0.3, -0.25) is 4.79 Å². The average molecular weight is 182 g/mol. The van der Waals surface area contributed by atoms with Gasteiger partial charge in [-0.25, -0.2) is 0 Å². The zero-order chi connectivity index (χ0) is 9.73. The maximum Gasteiger partial charge on any atom is 0.223 e. The molecule has 5 heteroatoms. The van der Waals surface area contributed by atoms with E-state index in [0.29, 0.717) is 13.0 Å². The van der Waals surface area contributed by atoms with Gasteiger partial charge in [0, 0.05) is 16.9 Å². The molecule has 0 heterocycles. The Kier molecular flexibility index (Phi) is 3.14. The van der Waals surface area contributed by atoms with Crippen molar-refractivity contribution in [1.29, 1.82) is 0 Å². The first-order chi connectivity index (χ1) is 6.21. The molecule has 0 bridgehead atoms. The van der Waals surface area contributed by atoms with Gasteiger partial charge < -0.3 is 5.73 Å². The van der Waals surface area contributed by atoms with Gasteiger partial charge in [-0.2, -0.15) is 0 Å². The monoisotopic (exact) mass is 182 g/mol. The molecule has 0 aromatic rings. The van der Waals surface area contributed by atoms with E-state index in [9.17, 15) is 4.79 Å². The predicted octanol–water partition coefficient (Wildman–Crippen LogP) is 1.73. The minimum absolute atomic E-state index is 0.238. The number of carbonyl (C=O) groups excluding carboxylic acids is 1. The summed E-state index contributed by atoms with van der Waals surface area (Å²) in [6.07, 6.45) is 4.41. The second kappa shape index (κ2) is 4.14. The van der Waals surface area contributed by atoms with Crippen LogP contribution in [0.25, 0.3) is 10.4 Å². The average Bonchev–Trinajstić information content (AvgIpc) is 2.55. The largest absolute Gasteiger partial charge is 0.369 e. The molecule has 1 fully saturated rings. The number of primary amides is 1. The van der Waals surface area contributed by atoms with Crippen LogP contribution in [-0.2, 0) is 4.79 Å². The Balaban J connectivity index is 2.57. The summed E-state index contributed by atoms with van der Waals surface area (Å²) in [5.74, 6) is -0.238. The van der Waals surface area contributed by atoms with Crippen molar-refractivity contribution in [2.24, 2.45) is 16.3 Å². The van der Waals surface area contributed by atoms with E-state index in [2.05, 4.69) is 10.0 Å². The molecule has 0 spiro atoms. The van der Waals surface area contributed by atoms with Gasteiger partial charge in [0.15, 0.2) is 0 Å². The van der Waals surface area contributed by atoms with E-state index >= 15 is 0 Å². The van der Waals surface area contributed by atoms with Crippen molar-refractivity contribution >= 4 is 5.91 Å². The second-order valence-corrected chi connectivity index (χ2v) is 3.56. The van der Waals surface area contributed by atoms with Gasteiger partial charge in [-0.1, -0.05) is 18.0 Å². The molecular formula is C8H14N4O. The molecule has 13 heavy (non-hydrogen) atoms. The molecule has 0 aromatic heterocycles. The highest BCUT2D eigenvalue weighted by Gasteiger charge is 2.38. The van der Waals surface area contributed by atoms with Gasteiger partial charge in [-0.15, -0.1) is 0 Å². The van der Waals surface area contributed by atoms with Crippen molar-refractivity contribution in [3.63, 3.8) is 0 Å². The van der Waals surface area contributed by atoms with Crippen LogP contribution in [0.5, 0.6) is 0 Å². The maximum absolute atomic E-state index is 11.2. The van der Waals surface area contributed by atoms with E-state index in [0.717, 1.165) is 25.7 Å². The lowest BCUT2D eigenvalue weighted by molar-refractivity contribution is -0.127. The Morgan fingerprint density at radius 2 is 2.15 bits per heavy atom. The summed E-state index contributed by atoms with van der Waals surface area (Å²) in [5, 5.41) is 3.44. The summed E-state index contributed by atoms with van der Waals surface area (Å²) in [6, 6.07) is 0. The molecule has 0 radical (unpaired) electrons. The quantitative estimate of drug-likeness (QED) is 0.400. The van der Waals surface area contributed by atoms with E-state index in [1.807, 2.05) is 0 Å². The van der Waals surface area contributed by atoms with Gasteiger partial charge in [0.1, 0.15) is 0 Å². The molecule has 1 saturated carbocycles. The number of amides is 1. The van der Waals surface area contributed by atoms with Crippen LogP contribution < -0.4 is 5.73 Å². The predicted molar refractivity (Wildman–Crippen MR) is 48.7 cm³/mol. The van der Waals surface area contributed by atoms with Gasteiger partial charge in [0.2, 0.25) is 5.91 Å². The molecule has 1 amide bonds. The molecule has 5 nitrogen and oxygen atoms in total. The van der Waals surface area contributed by atoms with E-state index in [4.69, 9.17) is 11.3 Å². The van der Waals surface area contributed by atoms with Crippen molar-refractivity contribution < 1.29 is 4.79 Å². The molecule has 1 rings (SSSR count). The number of hydrogen-bond donors (Lipinski definition) is 1. The number of rotatable bonds is 4. The first-order valence-electron chi connectivity index (χ1n) is 4.52. The van der Waals surface area contributed by atoms with E-state index < -0.39 is 0 Å². The molecule has 0 unspecified atom stereocenters. The fourth-order valence-electron chi connectivity index (χ4n) is 1.98. The van der Waals surface area contributed by atoms with Crippen molar-refractivity contribution in [3.05, 3.63) is 10.4 Å². The molecule has 0 aliphatic heterocycles. The van der Waals surface area contributed by atoms with Crippen LogP contribution in [0, 0.1) is 5.41 Å². The molecular weight excluding hydrogens is 168 g/mol. The first-order valence-corrected chi connectivity index (χ1v) is 4.52. The topological polar surface area (TPSA) is 91.8 Å². The van der Waals surface area contributed by atoms with Crippen LogP contribution in [-0.4, -0.2) is 12.5 Å². The Morgan fingerprint density at radius 3 is 2.62 bits per heavy atom. The summed E-state index contributed by atoms with van der Waals surface area (Å²) in [7, 11) is 0. The van der Waals surface area contributed by atoms with Gasteiger partial charge in [0.05, 0.1) is 0 Å². The Bertz CT molecular complexity index is 239. The molecule has 0 atom stereocenters. The number of nitrogens with two attached hydrogens (primary N) is 1. The van der Waals surface area contributed by atoms with Crippen LogP contribution >= 0.6 is 0 Å². The Hall–Kier alpha value is -1.22. The van der Waals surface area contributed by atoms with E-state index in [1.165, 1.54) is 0 Å². The number of azide groups is 1. The van der Waals surface area contributed by atoms with Gasteiger partial charge >= 0.3 is 0 Å². The highest BCUT2D eigenvalue weighted by Crippen LogP contribution is 2.40. The lowest BCUT2D eigenvalue weighted by Gasteiger charge is -2.23. The second-order valence-electron chi connectivity index (χ2n) is 3.56. The molecule has 0 saturated heterocycles. The van der Waals surface area contributed by atoms with Crippen LogP contribution in [0.1, 0.15) is 32.1 Å². The molecule has 0 aromatic carbocycles. The van der Waals surface area contributed by atoms with Crippen LogP contribution in [0.4, 0.5) is 0 Å². The lowest BCUT2D eigenvalue weighted by atomic mass is 9.82.